The summed E-state index contributed by atoms with van der Waals surface area (Å²) in [5, 5.41) is 0. The third-order valence-corrected chi connectivity index (χ3v) is 3.09. The van der Waals surface area contributed by atoms with Crippen molar-refractivity contribution < 1.29 is 9.47 Å². The van der Waals surface area contributed by atoms with E-state index in [1.54, 1.807) is 38.7 Å². The number of pyridine rings is 1. The molecule has 3 rings (SSSR count). The topological polar surface area (TPSA) is 86.0 Å². The molecule has 0 aliphatic rings. The third-order valence-electron chi connectivity index (χ3n) is 3.09. The molecule has 0 radical (unpaired) electrons. The van der Waals surface area contributed by atoms with Crippen molar-refractivity contribution in [3.05, 3.63) is 30.6 Å². The molecule has 0 amide bonds. The van der Waals surface area contributed by atoms with E-state index >= 15 is 0 Å². The van der Waals surface area contributed by atoms with Gasteiger partial charge in [0.05, 0.1) is 31.4 Å². The number of hydrogen-bond donors (Lipinski definition) is 2. The summed E-state index contributed by atoms with van der Waals surface area (Å²) in [7, 11) is 3.16. The number of fused-ring (bicyclic) bond motifs is 1. The Morgan fingerprint density at radius 2 is 1.90 bits per heavy atom. The van der Waals surface area contributed by atoms with Gasteiger partial charge in [-0.2, -0.15) is 0 Å². The van der Waals surface area contributed by atoms with Gasteiger partial charge in [-0.15, -0.1) is 0 Å². The first kappa shape index (κ1) is 12.3. The SMILES string of the molecule is COc1cc(N)c(-c2nc3ccncc3[nH]2)cc1OC. The summed E-state index contributed by atoms with van der Waals surface area (Å²) in [5.41, 5.74) is 9.09. The Morgan fingerprint density at radius 1 is 1.15 bits per heavy atom. The summed E-state index contributed by atoms with van der Waals surface area (Å²) in [4.78, 5) is 11.8. The monoisotopic (exact) mass is 270 g/mol. The van der Waals surface area contributed by atoms with Crippen molar-refractivity contribution in [3.8, 4) is 22.9 Å². The van der Waals surface area contributed by atoms with Crippen molar-refractivity contribution in [1.29, 1.82) is 0 Å². The fraction of sp³-hybridized carbons (Fsp3) is 0.143. The van der Waals surface area contributed by atoms with Crippen LogP contribution in [0.3, 0.4) is 0 Å². The number of aromatic amines is 1. The van der Waals surface area contributed by atoms with Crippen molar-refractivity contribution >= 4 is 16.7 Å². The van der Waals surface area contributed by atoms with Crippen LogP contribution in [0.4, 0.5) is 5.69 Å². The molecule has 0 fully saturated rings. The van der Waals surface area contributed by atoms with E-state index in [-0.39, 0.29) is 0 Å². The largest absolute Gasteiger partial charge is 0.493 e. The first-order valence-electron chi connectivity index (χ1n) is 6.04. The number of nitrogens with zero attached hydrogens (tertiary/aromatic N) is 2. The minimum absolute atomic E-state index is 0.565. The lowest BCUT2D eigenvalue weighted by molar-refractivity contribution is 0.355. The summed E-state index contributed by atoms with van der Waals surface area (Å²) in [6.07, 6.45) is 3.42. The van der Waals surface area contributed by atoms with Crippen LogP contribution in [0.5, 0.6) is 11.5 Å². The van der Waals surface area contributed by atoms with Crippen molar-refractivity contribution in [2.75, 3.05) is 20.0 Å². The van der Waals surface area contributed by atoms with E-state index in [4.69, 9.17) is 15.2 Å². The van der Waals surface area contributed by atoms with Crippen LogP contribution in [0.25, 0.3) is 22.4 Å². The Hall–Kier alpha value is -2.76. The molecule has 0 saturated heterocycles. The summed E-state index contributed by atoms with van der Waals surface area (Å²) in [5.74, 6) is 1.87. The van der Waals surface area contributed by atoms with Gasteiger partial charge < -0.3 is 20.2 Å². The number of rotatable bonds is 3. The Labute approximate surface area is 115 Å². The first-order chi connectivity index (χ1) is 9.72. The van der Waals surface area contributed by atoms with Gasteiger partial charge in [-0.3, -0.25) is 4.98 Å². The zero-order chi connectivity index (χ0) is 14.1. The number of aromatic nitrogens is 3. The van der Waals surface area contributed by atoms with Crippen LogP contribution >= 0.6 is 0 Å². The fourth-order valence-corrected chi connectivity index (χ4v) is 2.08. The van der Waals surface area contributed by atoms with Crippen molar-refractivity contribution in [3.63, 3.8) is 0 Å². The molecule has 0 atom stereocenters. The summed E-state index contributed by atoms with van der Waals surface area (Å²) < 4.78 is 10.5. The maximum Gasteiger partial charge on any atom is 0.162 e. The second kappa shape index (κ2) is 4.73. The molecule has 20 heavy (non-hydrogen) atoms. The van der Waals surface area contributed by atoms with E-state index in [1.165, 1.54) is 0 Å². The molecule has 6 heteroatoms. The van der Waals surface area contributed by atoms with Crippen LogP contribution in [-0.4, -0.2) is 29.2 Å². The molecular weight excluding hydrogens is 256 g/mol. The number of benzene rings is 1. The Bertz CT molecular complexity index is 734. The van der Waals surface area contributed by atoms with Crippen molar-refractivity contribution in [2.24, 2.45) is 0 Å². The minimum atomic E-state index is 0.565. The molecule has 1 aromatic carbocycles. The molecule has 0 unspecified atom stereocenters. The number of H-pyrrole nitrogens is 1. The van der Waals surface area contributed by atoms with Crippen LogP contribution in [0.2, 0.25) is 0 Å². The first-order valence-corrected chi connectivity index (χ1v) is 6.04. The highest BCUT2D eigenvalue weighted by Gasteiger charge is 2.13. The van der Waals surface area contributed by atoms with Gasteiger partial charge in [-0.1, -0.05) is 0 Å². The molecule has 0 aliphatic heterocycles. The standard InChI is InChI=1S/C14H14N4O2/c1-19-12-5-8(9(15)6-13(12)20-2)14-17-10-3-4-16-7-11(10)18-14/h3-7H,15H2,1-2H3,(H,17,18). The average molecular weight is 270 g/mol. The lowest BCUT2D eigenvalue weighted by Gasteiger charge is -2.11. The lowest BCUT2D eigenvalue weighted by atomic mass is 10.1. The smallest absolute Gasteiger partial charge is 0.162 e. The van der Waals surface area contributed by atoms with Crippen LogP contribution in [0.1, 0.15) is 0 Å². The van der Waals surface area contributed by atoms with Gasteiger partial charge in [0.2, 0.25) is 0 Å². The van der Waals surface area contributed by atoms with E-state index in [0.717, 1.165) is 16.6 Å². The van der Waals surface area contributed by atoms with Crippen molar-refractivity contribution in [2.45, 2.75) is 0 Å². The molecule has 0 bridgehead atoms. The minimum Gasteiger partial charge on any atom is -0.493 e. The number of imidazole rings is 1. The normalized spacial score (nSPS) is 10.7. The predicted molar refractivity (Wildman–Crippen MR) is 76.8 cm³/mol. The summed E-state index contributed by atoms with van der Waals surface area (Å²) in [6, 6.07) is 5.37. The maximum absolute atomic E-state index is 6.06. The number of nitrogen functional groups attached to an aromatic ring is 1. The second-order valence-corrected chi connectivity index (χ2v) is 4.27. The van der Waals surface area contributed by atoms with E-state index in [9.17, 15) is 0 Å². The van der Waals surface area contributed by atoms with Crippen LogP contribution < -0.4 is 15.2 Å². The number of hydrogen-bond acceptors (Lipinski definition) is 5. The third kappa shape index (κ3) is 1.91. The fourth-order valence-electron chi connectivity index (χ4n) is 2.08. The van der Waals surface area contributed by atoms with E-state index < -0.39 is 0 Å². The molecule has 0 spiro atoms. The Kier molecular flexibility index (Phi) is 2.90. The summed E-state index contributed by atoms with van der Waals surface area (Å²) in [6.45, 7) is 0. The lowest BCUT2D eigenvalue weighted by Crippen LogP contribution is -1.96. The van der Waals surface area contributed by atoms with Gasteiger partial charge in [0.25, 0.3) is 0 Å². The molecule has 3 N–H and O–H groups in total. The van der Waals surface area contributed by atoms with E-state index in [1.807, 2.05) is 6.07 Å². The second-order valence-electron chi connectivity index (χ2n) is 4.27. The van der Waals surface area contributed by atoms with Crippen LogP contribution in [0, 0.1) is 0 Å². The number of ether oxygens (including phenoxy) is 2. The summed E-state index contributed by atoms with van der Waals surface area (Å²) >= 11 is 0. The van der Waals surface area contributed by atoms with Gasteiger partial charge in [-0.05, 0) is 12.1 Å². The van der Waals surface area contributed by atoms with E-state index in [2.05, 4.69) is 15.0 Å². The quantitative estimate of drug-likeness (QED) is 0.713. The molecule has 0 aliphatic carbocycles. The molecule has 6 nitrogen and oxygen atoms in total. The van der Waals surface area contributed by atoms with Gasteiger partial charge in [-0.25, -0.2) is 4.98 Å². The van der Waals surface area contributed by atoms with Crippen molar-refractivity contribution in [1.82, 2.24) is 15.0 Å². The average Bonchev–Trinajstić information content (AvgIpc) is 2.90. The molecular formula is C14H14N4O2. The number of nitrogens with one attached hydrogen (secondary N) is 1. The van der Waals surface area contributed by atoms with Gasteiger partial charge >= 0.3 is 0 Å². The predicted octanol–water partition coefficient (Wildman–Crippen LogP) is 2.22. The zero-order valence-electron chi connectivity index (χ0n) is 11.2. The van der Waals surface area contributed by atoms with Gasteiger partial charge in [0.1, 0.15) is 5.82 Å². The molecule has 102 valence electrons. The Morgan fingerprint density at radius 3 is 2.60 bits per heavy atom. The molecule has 2 heterocycles. The highest BCUT2D eigenvalue weighted by molar-refractivity contribution is 5.83. The number of methoxy groups -OCH3 is 2. The molecule has 2 aromatic heterocycles. The van der Waals surface area contributed by atoms with E-state index in [0.29, 0.717) is 23.0 Å². The highest BCUT2D eigenvalue weighted by atomic mass is 16.5. The molecule has 0 saturated carbocycles. The number of anilines is 1. The maximum atomic E-state index is 6.06. The number of nitrogens with two attached hydrogens (primary N) is 1. The Balaban J connectivity index is 2.18. The van der Waals surface area contributed by atoms with Crippen LogP contribution in [0.15, 0.2) is 30.6 Å². The van der Waals surface area contributed by atoms with Crippen LogP contribution in [-0.2, 0) is 0 Å². The van der Waals surface area contributed by atoms with Gasteiger partial charge in [0, 0.05) is 23.5 Å². The highest BCUT2D eigenvalue weighted by Crippen LogP contribution is 2.36. The van der Waals surface area contributed by atoms with Gasteiger partial charge in [0.15, 0.2) is 11.5 Å². The molecule has 3 aromatic rings. The zero-order valence-corrected chi connectivity index (χ0v) is 11.2.